The van der Waals surface area contributed by atoms with Gasteiger partial charge in [0.25, 0.3) is 11.8 Å². The van der Waals surface area contributed by atoms with E-state index in [4.69, 9.17) is 9.15 Å². The van der Waals surface area contributed by atoms with Gasteiger partial charge >= 0.3 is 0 Å². The third-order valence-electron chi connectivity index (χ3n) is 6.28. The summed E-state index contributed by atoms with van der Waals surface area (Å²) in [5.41, 5.74) is 5.19. The molecule has 36 heavy (non-hydrogen) atoms. The van der Waals surface area contributed by atoms with E-state index in [9.17, 15) is 9.59 Å². The molecule has 182 valence electrons. The van der Waals surface area contributed by atoms with Gasteiger partial charge in [-0.3, -0.25) is 14.6 Å². The van der Waals surface area contributed by atoms with E-state index >= 15 is 0 Å². The SMILES string of the molecule is Cc1cccc(C2c3cc(OCC(=O)NCc4cccnc4)ccc3CCN2C(=O)c2ccco2)c1. The zero-order valence-corrected chi connectivity index (χ0v) is 20.0. The van der Waals surface area contributed by atoms with Gasteiger partial charge in [0.05, 0.1) is 12.3 Å². The molecule has 1 aliphatic rings. The van der Waals surface area contributed by atoms with Crippen molar-refractivity contribution in [3.63, 3.8) is 0 Å². The van der Waals surface area contributed by atoms with Crippen LogP contribution in [0.1, 0.15) is 44.4 Å². The van der Waals surface area contributed by atoms with Crippen molar-refractivity contribution in [3.8, 4) is 5.75 Å². The van der Waals surface area contributed by atoms with Crippen molar-refractivity contribution in [2.24, 2.45) is 0 Å². The molecule has 7 heteroatoms. The minimum absolute atomic E-state index is 0.108. The van der Waals surface area contributed by atoms with Crippen molar-refractivity contribution in [1.82, 2.24) is 15.2 Å². The number of aromatic nitrogens is 1. The molecule has 5 rings (SSSR count). The van der Waals surface area contributed by atoms with Gasteiger partial charge < -0.3 is 19.4 Å². The van der Waals surface area contributed by atoms with Gasteiger partial charge in [-0.05, 0) is 65.9 Å². The molecule has 1 atom stereocenters. The van der Waals surface area contributed by atoms with E-state index < -0.39 is 0 Å². The number of hydrogen-bond donors (Lipinski definition) is 1. The Labute approximate surface area is 209 Å². The molecule has 4 aromatic rings. The van der Waals surface area contributed by atoms with E-state index in [1.165, 1.54) is 6.26 Å². The fourth-order valence-corrected chi connectivity index (χ4v) is 4.55. The molecular formula is C29H27N3O4. The van der Waals surface area contributed by atoms with E-state index in [1.807, 2.05) is 60.4 Å². The molecule has 1 unspecified atom stereocenters. The fourth-order valence-electron chi connectivity index (χ4n) is 4.55. The summed E-state index contributed by atoms with van der Waals surface area (Å²) in [6, 6.07) is 20.9. The first-order valence-electron chi connectivity index (χ1n) is 11.9. The zero-order chi connectivity index (χ0) is 24.9. The smallest absolute Gasteiger partial charge is 0.290 e. The molecule has 0 saturated carbocycles. The summed E-state index contributed by atoms with van der Waals surface area (Å²) in [5, 5.41) is 2.84. The summed E-state index contributed by atoms with van der Waals surface area (Å²) in [5.74, 6) is 0.517. The van der Waals surface area contributed by atoms with Crippen LogP contribution in [0.3, 0.4) is 0 Å². The van der Waals surface area contributed by atoms with Gasteiger partial charge in [0.15, 0.2) is 12.4 Å². The quantitative estimate of drug-likeness (QED) is 0.421. The van der Waals surface area contributed by atoms with Gasteiger partial charge in [0.2, 0.25) is 0 Å². The molecule has 2 amide bonds. The highest BCUT2D eigenvalue weighted by molar-refractivity contribution is 5.92. The van der Waals surface area contributed by atoms with Crippen molar-refractivity contribution in [3.05, 3.63) is 119 Å². The normalized spacial score (nSPS) is 14.7. The number of carbonyl (C=O) groups excluding carboxylic acids is 2. The number of nitrogens with zero attached hydrogens (tertiary/aromatic N) is 2. The molecule has 2 aromatic heterocycles. The van der Waals surface area contributed by atoms with Crippen LogP contribution in [0, 0.1) is 6.92 Å². The number of fused-ring (bicyclic) bond motifs is 1. The van der Waals surface area contributed by atoms with Gasteiger partial charge in [-0.15, -0.1) is 0 Å². The van der Waals surface area contributed by atoms with E-state index in [1.54, 1.807) is 24.5 Å². The van der Waals surface area contributed by atoms with Crippen LogP contribution in [0.5, 0.6) is 5.75 Å². The molecule has 2 aromatic carbocycles. The Hall–Kier alpha value is -4.39. The highest BCUT2D eigenvalue weighted by Crippen LogP contribution is 2.38. The first kappa shape index (κ1) is 23.4. The molecule has 7 nitrogen and oxygen atoms in total. The van der Waals surface area contributed by atoms with Crippen molar-refractivity contribution >= 4 is 11.8 Å². The number of ether oxygens (including phenoxy) is 1. The van der Waals surface area contributed by atoms with E-state index in [2.05, 4.69) is 16.4 Å². The Morgan fingerprint density at radius 3 is 2.81 bits per heavy atom. The van der Waals surface area contributed by atoms with Crippen LogP contribution in [-0.2, 0) is 17.8 Å². The molecule has 3 heterocycles. The van der Waals surface area contributed by atoms with Crippen LogP contribution in [0.15, 0.2) is 89.8 Å². The van der Waals surface area contributed by atoms with Crippen LogP contribution in [0.2, 0.25) is 0 Å². The maximum atomic E-state index is 13.4. The molecular weight excluding hydrogens is 454 g/mol. The van der Waals surface area contributed by atoms with Gasteiger partial charge in [-0.1, -0.05) is 42.0 Å². The molecule has 1 aliphatic heterocycles. The van der Waals surface area contributed by atoms with Crippen molar-refractivity contribution < 1.29 is 18.7 Å². The lowest BCUT2D eigenvalue weighted by Gasteiger charge is -2.37. The minimum atomic E-state index is -0.297. The topological polar surface area (TPSA) is 84.7 Å². The second kappa shape index (κ2) is 10.5. The highest BCUT2D eigenvalue weighted by Gasteiger charge is 2.34. The van der Waals surface area contributed by atoms with Crippen LogP contribution >= 0.6 is 0 Å². The molecule has 1 N–H and O–H groups in total. The highest BCUT2D eigenvalue weighted by atomic mass is 16.5. The fraction of sp³-hybridized carbons (Fsp3) is 0.207. The Balaban J connectivity index is 1.37. The average Bonchev–Trinajstić information content (AvgIpc) is 3.45. The van der Waals surface area contributed by atoms with Crippen LogP contribution in [-0.4, -0.2) is 34.8 Å². The Morgan fingerprint density at radius 2 is 2.03 bits per heavy atom. The summed E-state index contributed by atoms with van der Waals surface area (Å²) < 4.78 is 11.3. The summed E-state index contributed by atoms with van der Waals surface area (Å²) in [7, 11) is 0. The van der Waals surface area contributed by atoms with Crippen LogP contribution in [0.25, 0.3) is 0 Å². The second-order valence-corrected chi connectivity index (χ2v) is 8.83. The maximum Gasteiger partial charge on any atom is 0.290 e. The molecule has 0 bridgehead atoms. The number of benzene rings is 2. The minimum Gasteiger partial charge on any atom is -0.484 e. The predicted octanol–water partition coefficient (Wildman–Crippen LogP) is 4.47. The van der Waals surface area contributed by atoms with Crippen molar-refractivity contribution in [2.45, 2.75) is 25.9 Å². The molecule has 0 fully saturated rings. The van der Waals surface area contributed by atoms with E-state index in [-0.39, 0.29) is 24.5 Å². The average molecular weight is 482 g/mol. The number of pyridine rings is 1. The summed E-state index contributed by atoms with van der Waals surface area (Å²) in [6.45, 7) is 2.89. The van der Waals surface area contributed by atoms with Gasteiger partial charge in [-0.25, -0.2) is 0 Å². The summed E-state index contributed by atoms with van der Waals surface area (Å²) >= 11 is 0. The van der Waals surface area contributed by atoms with Crippen molar-refractivity contribution in [2.75, 3.05) is 13.2 Å². The zero-order valence-electron chi connectivity index (χ0n) is 20.0. The van der Waals surface area contributed by atoms with E-state index in [0.29, 0.717) is 24.6 Å². The largest absolute Gasteiger partial charge is 0.484 e. The van der Waals surface area contributed by atoms with Crippen LogP contribution in [0.4, 0.5) is 0 Å². The Morgan fingerprint density at radius 1 is 1.11 bits per heavy atom. The Bertz CT molecular complexity index is 1350. The third kappa shape index (κ3) is 5.15. The molecule has 0 spiro atoms. The summed E-state index contributed by atoms with van der Waals surface area (Å²) in [4.78, 5) is 31.6. The maximum absolute atomic E-state index is 13.4. The number of furan rings is 1. The number of amides is 2. The van der Waals surface area contributed by atoms with Crippen molar-refractivity contribution in [1.29, 1.82) is 0 Å². The van der Waals surface area contributed by atoms with Gasteiger partial charge in [0, 0.05) is 25.5 Å². The molecule has 0 saturated heterocycles. The lowest BCUT2D eigenvalue weighted by Crippen LogP contribution is -2.40. The van der Waals surface area contributed by atoms with E-state index in [0.717, 1.165) is 34.2 Å². The molecule has 0 aliphatic carbocycles. The third-order valence-corrected chi connectivity index (χ3v) is 6.28. The second-order valence-electron chi connectivity index (χ2n) is 8.83. The Kier molecular flexibility index (Phi) is 6.80. The van der Waals surface area contributed by atoms with Crippen LogP contribution < -0.4 is 10.1 Å². The number of rotatable bonds is 7. The molecule has 0 radical (unpaired) electrons. The van der Waals surface area contributed by atoms with Gasteiger partial charge in [-0.2, -0.15) is 0 Å². The lowest BCUT2D eigenvalue weighted by atomic mass is 9.87. The number of nitrogens with one attached hydrogen (secondary N) is 1. The number of hydrogen-bond acceptors (Lipinski definition) is 5. The lowest BCUT2D eigenvalue weighted by molar-refractivity contribution is -0.123. The first-order chi connectivity index (χ1) is 17.6. The van der Waals surface area contributed by atoms with Gasteiger partial charge in [0.1, 0.15) is 5.75 Å². The standard InChI is InChI=1S/C29H27N3O4/c1-20-5-2-7-23(15-20)28-25-16-24(36-19-27(33)31-18-21-6-3-12-30-17-21)10-9-22(25)11-13-32(28)29(34)26-8-4-14-35-26/h2-10,12,14-17,28H,11,13,18-19H2,1H3,(H,31,33). The number of carbonyl (C=O) groups is 2. The predicted molar refractivity (Wildman–Crippen MR) is 134 cm³/mol. The summed E-state index contributed by atoms with van der Waals surface area (Å²) in [6.07, 6.45) is 5.64. The monoisotopic (exact) mass is 481 g/mol. The number of aryl methyl sites for hydroxylation is 1. The first-order valence-corrected chi connectivity index (χ1v) is 11.9.